The highest BCUT2D eigenvalue weighted by Gasteiger charge is 2.37. The van der Waals surface area contributed by atoms with Gasteiger partial charge in [-0.2, -0.15) is 0 Å². The average Bonchev–Trinajstić information content (AvgIpc) is 2.70. The van der Waals surface area contributed by atoms with Crippen molar-refractivity contribution in [3.63, 3.8) is 0 Å². The molecule has 0 fully saturated rings. The van der Waals surface area contributed by atoms with Crippen molar-refractivity contribution in [2.45, 2.75) is 37.5 Å². The number of hydrogen-bond donors (Lipinski definition) is 0. The zero-order chi connectivity index (χ0) is 17.1. The summed E-state index contributed by atoms with van der Waals surface area (Å²) in [5, 5.41) is 2.54. The normalized spacial score (nSPS) is 21.2. The van der Waals surface area contributed by atoms with Crippen LogP contribution in [0.1, 0.15) is 47.2 Å². The van der Waals surface area contributed by atoms with Gasteiger partial charge in [-0.3, -0.25) is 9.97 Å². The predicted molar refractivity (Wildman–Crippen MR) is 106 cm³/mol. The predicted octanol–water partition coefficient (Wildman–Crippen LogP) is 5.54. The van der Waals surface area contributed by atoms with Gasteiger partial charge in [0.2, 0.25) is 0 Å². The zero-order valence-electron chi connectivity index (χ0n) is 14.7. The number of aromatic nitrogens is 2. The summed E-state index contributed by atoms with van der Waals surface area (Å²) in [6.45, 7) is 0. The molecule has 0 radical (unpaired) electrons. The molecule has 0 N–H and O–H groups in total. The fourth-order valence-electron chi connectivity index (χ4n) is 5.07. The Morgan fingerprint density at radius 1 is 0.615 bits per heavy atom. The Morgan fingerprint density at radius 2 is 1.08 bits per heavy atom. The van der Waals surface area contributed by atoms with Gasteiger partial charge in [-0.05, 0) is 61.1 Å². The molecule has 2 aromatic heterocycles. The Labute approximate surface area is 152 Å². The molecule has 126 valence electrons. The molecule has 4 aromatic rings. The lowest BCUT2D eigenvalue weighted by Gasteiger charge is -2.37. The first kappa shape index (κ1) is 14.4. The van der Waals surface area contributed by atoms with Crippen molar-refractivity contribution < 1.29 is 0 Å². The quantitative estimate of drug-likeness (QED) is 0.421. The molecular formula is C24H20N2. The number of hydrogen-bond acceptors (Lipinski definition) is 2. The van der Waals surface area contributed by atoms with E-state index in [0.717, 1.165) is 23.9 Å². The third kappa shape index (κ3) is 2.05. The van der Waals surface area contributed by atoms with E-state index in [1.165, 1.54) is 46.1 Å². The van der Waals surface area contributed by atoms with Crippen LogP contribution in [0.3, 0.4) is 0 Å². The standard InChI is InChI=1S/C24H20N2/c1-3-7-21-15(5-1)13-17-9-11-20-19(23(17)25-21)12-10-18-14-16-6-2-4-8-22(16)26-24(18)20/h1-8,13-14,19-20H,9-12H2/t19-,20-/m1/s1. The van der Waals surface area contributed by atoms with Crippen LogP contribution in [-0.4, -0.2) is 9.97 Å². The summed E-state index contributed by atoms with van der Waals surface area (Å²) >= 11 is 0. The molecule has 0 saturated heterocycles. The van der Waals surface area contributed by atoms with Crippen LogP contribution < -0.4 is 0 Å². The van der Waals surface area contributed by atoms with E-state index >= 15 is 0 Å². The number of nitrogens with zero attached hydrogens (tertiary/aromatic N) is 2. The Balaban J connectivity index is 1.51. The smallest absolute Gasteiger partial charge is 0.0705 e. The number of fused-ring (bicyclic) bond motifs is 7. The van der Waals surface area contributed by atoms with E-state index in [9.17, 15) is 0 Å². The second kappa shape index (κ2) is 5.38. The van der Waals surface area contributed by atoms with Crippen LogP contribution in [0.2, 0.25) is 0 Å². The summed E-state index contributed by atoms with van der Waals surface area (Å²) in [6, 6.07) is 21.8. The maximum atomic E-state index is 5.11. The van der Waals surface area contributed by atoms with E-state index in [1.807, 2.05) is 0 Å². The van der Waals surface area contributed by atoms with Crippen LogP contribution in [0.25, 0.3) is 21.8 Å². The number of rotatable bonds is 0. The first-order chi connectivity index (χ1) is 12.9. The molecular weight excluding hydrogens is 316 g/mol. The number of benzene rings is 2. The van der Waals surface area contributed by atoms with Gasteiger partial charge < -0.3 is 0 Å². The van der Waals surface area contributed by atoms with Crippen molar-refractivity contribution >= 4 is 21.8 Å². The summed E-state index contributed by atoms with van der Waals surface area (Å²) in [4.78, 5) is 10.2. The van der Waals surface area contributed by atoms with Gasteiger partial charge in [0.1, 0.15) is 0 Å². The molecule has 26 heavy (non-hydrogen) atoms. The minimum absolute atomic E-state index is 0.518. The highest BCUT2D eigenvalue weighted by atomic mass is 14.8. The van der Waals surface area contributed by atoms with E-state index in [1.54, 1.807) is 0 Å². The van der Waals surface area contributed by atoms with E-state index in [-0.39, 0.29) is 0 Å². The van der Waals surface area contributed by atoms with Crippen LogP contribution >= 0.6 is 0 Å². The molecule has 2 aromatic carbocycles. The largest absolute Gasteiger partial charge is 0.252 e. The second-order valence-electron chi connectivity index (χ2n) is 7.74. The zero-order valence-corrected chi connectivity index (χ0v) is 14.7. The molecule has 6 rings (SSSR count). The maximum Gasteiger partial charge on any atom is 0.0705 e. The number of para-hydroxylation sites is 2. The number of pyridine rings is 2. The van der Waals surface area contributed by atoms with Gasteiger partial charge in [0.15, 0.2) is 0 Å². The molecule has 0 saturated carbocycles. The summed E-state index contributed by atoms with van der Waals surface area (Å²) in [7, 11) is 0. The van der Waals surface area contributed by atoms with Crippen LogP contribution in [-0.2, 0) is 12.8 Å². The van der Waals surface area contributed by atoms with Gasteiger partial charge in [0.25, 0.3) is 0 Å². The van der Waals surface area contributed by atoms with Crippen LogP contribution in [0.15, 0.2) is 60.7 Å². The van der Waals surface area contributed by atoms with E-state index in [2.05, 4.69) is 60.7 Å². The molecule has 2 heterocycles. The van der Waals surface area contributed by atoms with Crippen molar-refractivity contribution in [3.05, 3.63) is 83.2 Å². The minimum Gasteiger partial charge on any atom is -0.252 e. The lowest BCUT2D eigenvalue weighted by Crippen LogP contribution is -2.26. The van der Waals surface area contributed by atoms with Crippen LogP contribution in [0.4, 0.5) is 0 Å². The van der Waals surface area contributed by atoms with E-state index < -0.39 is 0 Å². The van der Waals surface area contributed by atoms with Gasteiger partial charge in [0.05, 0.1) is 11.0 Å². The van der Waals surface area contributed by atoms with Crippen LogP contribution in [0.5, 0.6) is 0 Å². The van der Waals surface area contributed by atoms with Crippen LogP contribution in [0, 0.1) is 0 Å². The fraction of sp³-hybridized carbons (Fsp3) is 0.250. The minimum atomic E-state index is 0.518. The summed E-state index contributed by atoms with van der Waals surface area (Å²) in [6.07, 6.45) is 4.61. The lowest BCUT2D eigenvalue weighted by atomic mass is 9.69. The van der Waals surface area contributed by atoms with Gasteiger partial charge in [-0.15, -0.1) is 0 Å². The van der Waals surface area contributed by atoms with Gasteiger partial charge in [-0.1, -0.05) is 36.4 Å². The Kier molecular flexibility index (Phi) is 2.98. The molecule has 0 bridgehead atoms. The summed E-state index contributed by atoms with van der Waals surface area (Å²) in [5.41, 5.74) is 7.83. The molecule has 2 aliphatic rings. The first-order valence-electron chi connectivity index (χ1n) is 9.64. The summed E-state index contributed by atoms with van der Waals surface area (Å²) < 4.78 is 0. The van der Waals surface area contributed by atoms with Crippen molar-refractivity contribution in [3.8, 4) is 0 Å². The molecule has 2 atom stereocenters. The second-order valence-corrected chi connectivity index (χ2v) is 7.74. The molecule has 0 spiro atoms. The third-order valence-electron chi connectivity index (χ3n) is 6.31. The molecule has 0 aliphatic heterocycles. The molecule has 0 amide bonds. The molecule has 2 nitrogen and oxygen atoms in total. The average molecular weight is 336 g/mol. The van der Waals surface area contributed by atoms with Gasteiger partial charge in [0, 0.05) is 34.0 Å². The maximum absolute atomic E-state index is 5.11. The topological polar surface area (TPSA) is 25.8 Å². The van der Waals surface area contributed by atoms with E-state index in [0.29, 0.717) is 11.8 Å². The Bertz CT molecular complexity index is 1070. The van der Waals surface area contributed by atoms with Crippen molar-refractivity contribution in [2.75, 3.05) is 0 Å². The van der Waals surface area contributed by atoms with Gasteiger partial charge >= 0.3 is 0 Å². The Morgan fingerprint density at radius 3 is 1.58 bits per heavy atom. The monoisotopic (exact) mass is 336 g/mol. The highest BCUT2D eigenvalue weighted by Crippen LogP contribution is 2.48. The highest BCUT2D eigenvalue weighted by molar-refractivity contribution is 5.81. The SMILES string of the molecule is c1ccc2nc3c(cc2c1)CC[C@H]1c2nc4ccccc4cc2CC[C@@H]31. The number of aryl methyl sites for hydroxylation is 2. The Hall–Kier alpha value is -2.74. The van der Waals surface area contributed by atoms with Crippen molar-refractivity contribution in [1.29, 1.82) is 0 Å². The lowest BCUT2D eigenvalue weighted by molar-refractivity contribution is 0.408. The van der Waals surface area contributed by atoms with E-state index in [4.69, 9.17) is 9.97 Å². The third-order valence-corrected chi connectivity index (χ3v) is 6.31. The van der Waals surface area contributed by atoms with Gasteiger partial charge in [-0.25, -0.2) is 0 Å². The molecule has 2 aliphatic carbocycles. The summed E-state index contributed by atoms with van der Waals surface area (Å²) in [5.74, 6) is 1.04. The first-order valence-corrected chi connectivity index (χ1v) is 9.64. The molecule has 0 unspecified atom stereocenters. The van der Waals surface area contributed by atoms with Crippen molar-refractivity contribution in [2.24, 2.45) is 0 Å². The molecule has 2 heteroatoms. The fourth-order valence-corrected chi connectivity index (χ4v) is 5.07. The van der Waals surface area contributed by atoms with Crippen molar-refractivity contribution in [1.82, 2.24) is 9.97 Å².